The van der Waals surface area contributed by atoms with Crippen molar-refractivity contribution in [2.45, 2.75) is 25.4 Å². The van der Waals surface area contributed by atoms with E-state index in [1.165, 1.54) is 12.1 Å². The van der Waals surface area contributed by atoms with Crippen molar-refractivity contribution < 1.29 is 9.47 Å². The van der Waals surface area contributed by atoms with Gasteiger partial charge in [-0.3, -0.25) is 0 Å². The van der Waals surface area contributed by atoms with Crippen molar-refractivity contribution in [3.8, 4) is 5.75 Å². The Hall–Kier alpha value is -1.26. The van der Waals surface area contributed by atoms with Gasteiger partial charge in [0.2, 0.25) is 0 Å². The SMILES string of the molecule is c1cc(OC2CCOCC2)cc(N2CCCNCC2)c1. The summed E-state index contributed by atoms with van der Waals surface area (Å²) in [4.78, 5) is 2.44. The summed E-state index contributed by atoms with van der Waals surface area (Å²) in [5, 5.41) is 3.44. The average molecular weight is 276 g/mol. The summed E-state index contributed by atoms with van der Waals surface area (Å²) in [6.07, 6.45) is 3.51. The lowest BCUT2D eigenvalue weighted by Gasteiger charge is -2.25. The molecule has 2 saturated heterocycles. The molecule has 0 amide bonds. The molecule has 0 aromatic heterocycles. The molecule has 2 fully saturated rings. The molecule has 2 heterocycles. The fourth-order valence-corrected chi connectivity index (χ4v) is 2.84. The van der Waals surface area contributed by atoms with E-state index in [0.717, 1.165) is 58.0 Å². The standard InChI is InChI=1S/C16H24N2O2/c1-3-14(18-9-2-7-17-8-10-18)13-16(4-1)20-15-5-11-19-12-6-15/h1,3-4,13,15,17H,2,5-12H2. The van der Waals surface area contributed by atoms with E-state index in [-0.39, 0.29) is 0 Å². The molecule has 3 rings (SSSR count). The van der Waals surface area contributed by atoms with Gasteiger partial charge in [-0.2, -0.15) is 0 Å². The van der Waals surface area contributed by atoms with Gasteiger partial charge in [-0.25, -0.2) is 0 Å². The topological polar surface area (TPSA) is 33.7 Å². The number of hydrogen-bond acceptors (Lipinski definition) is 4. The number of benzene rings is 1. The number of nitrogens with one attached hydrogen (secondary N) is 1. The van der Waals surface area contributed by atoms with Gasteiger partial charge in [0.05, 0.1) is 13.2 Å². The van der Waals surface area contributed by atoms with Crippen LogP contribution in [-0.4, -0.2) is 45.5 Å². The minimum Gasteiger partial charge on any atom is -0.490 e. The highest BCUT2D eigenvalue weighted by Gasteiger charge is 2.16. The highest BCUT2D eigenvalue weighted by atomic mass is 16.5. The highest BCUT2D eigenvalue weighted by Crippen LogP contribution is 2.24. The molecule has 1 aromatic carbocycles. The molecule has 2 aliphatic rings. The predicted molar refractivity (Wildman–Crippen MR) is 80.6 cm³/mol. The molecular weight excluding hydrogens is 252 g/mol. The Morgan fingerprint density at radius 3 is 2.95 bits per heavy atom. The Morgan fingerprint density at radius 2 is 2.05 bits per heavy atom. The molecule has 0 unspecified atom stereocenters. The molecule has 0 saturated carbocycles. The van der Waals surface area contributed by atoms with Crippen molar-refractivity contribution in [3.63, 3.8) is 0 Å². The molecule has 0 bridgehead atoms. The van der Waals surface area contributed by atoms with E-state index >= 15 is 0 Å². The Bertz CT molecular complexity index is 411. The van der Waals surface area contributed by atoms with Gasteiger partial charge in [0.25, 0.3) is 0 Å². The normalized spacial score (nSPS) is 21.5. The summed E-state index contributed by atoms with van der Waals surface area (Å²) in [6, 6.07) is 8.53. The maximum Gasteiger partial charge on any atom is 0.121 e. The van der Waals surface area contributed by atoms with E-state index in [2.05, 4.69) is 34.5 Å². The van der Waals surface area contributed by atoms with Crippen LogP contribution in [0.3, 0.4) is 0 Å². The molecule has 0 radical (unpaired) electrons. The van der Waals surface area contributed by atoms with Crippen molar-refractivity contribution in [2.75, 3.05) is 44.3 Å². The van der Waals surface area contributed by atoms with Crippen LogP contribution >= 0.6 is 0 Å². The molecule has 4 nitrogen and oxygen atoms in total. The minimum absolute atomic E-state index is 0.310. The molecule has 4 heteroatoms. The molecule has 1 aromatic rings. The molecule has 1 N–H and O–H groups in total. The van der Waals surface area contributed by atoms with Gasteiger partial charge in [-0.05, 0) is 25.1 Å². The van der Waals surface area contributed by atoms with Crippen LogP contribution < -0.4 is 15.0 Å². The zero-order valence-electron chi connectivity index (χ0n) is 12.0. The number of anilines is 1. The molecule has 110 valence electrons. The smallest absolute Gasteiger partial charge is 0.121 e. The number of rotatable bonds is 3. The van der Waals surface area contributed by atoms with Crippen LogP contribution in [0.1, 0.15) is 19.3 Å². The Balaban J connectivity index is 1.65. The van der Waals surface area contributed by atoms with Gasteiger partial charge in [-0.15, -0.1) is 0 Å². The van der Waals surface area contributed by atoms with Gasteiger partial charge < -0.3 is 19.7 Å². The third kappa shape index (κ3) is 3.64. The largest absolute Gasteiger partial charge is 0.490 e. The lowest BCUT2D eigenvalue weighted by Crippen LogP contribution is -2.28. The quantitative estimate of drug-likeness (QED) is 0.916. The van der Waals surface area contributed by atoms with Crippen LogP contribution in [0.5, 0.6) is 5.75 Å². The van der Waals surface area contributed by atoms with Gasteiger partial charge in [0, 0.05) is 44.2 Å². The monoisotopic (exact) mass is 276 g/mol. The van der Waals surface area contributed by atoms with Crippen LogP contribution in [0.15, 0.2) is 24.3 Å². The van der Waals surface area contributed by atoms with Crippen molar-refractivity contribution in [3.05, 3.63) is 24.3 Å². The van der Waals surface area contributed by atoms with Gasteiger partial charge in [0.15, 0.2) is 0 Å². The van der Waals surface area contributed by atoms with Crippen molar-refractivity contribution in [2.24, 2.45) is 0 Å². The lowest BCUT2D eigenvalue weighted by molar-refractivity contribution is 0.0256. The number of hydrogen-bond donors (Lipinski definition) is 1. The fraction of sp³-hybridized carbons (Fsp3) is 0.625. The van der Waals surface area contributed by atoms with Crippen molar-refractivity contribution >= 4 is 5.69 Å². The molecule has 0 atom stereocenters. The van der Waals surface area contributed by atoms with Gasteiger partial charge in [0.1, 0.15) is 11.9 Å². The summed E-state index contributed by atoms with van der Waals surface area (Å²) in [7, 11) is 0. The Kier molecular flexibility index (Phi) is 4.77. The first kappa shape index (κ1) is 13.7. The zero-order chi connectivity index (χ0) is 13.6. The van der Waals surface area contributed by atoms with Gasteiger partial charge >= 0.3 is 0 Å². The fourth-order valence-electron chi connectivity index (χ4n) is 2.84. The maximum absolute atomic E-state index is 6.10. The molecule has 0 spiro atoms. The average Bonchev–Trinajstić information content (AvgIpc) is 2.78. The first-order valence-corrected chi connectivity index (χ1v) is 7.72. The van der Waals surface area contributed by atoms with E-state index in [0.29, 0.717) is 6.10 Å². The summed E-state index contributed by atoms with van der Waals surface area (Å²) >= 11 is 0. The zero-order valence-corrected chi connectivity index (χ0v) is 12.0. The second-order valence-corrected chi connectivity index (χ2v) is 5.52. The molecule has 2 aliphatic heterocycles. The maximum atomic E-state index is 6.10. The van der Waals surface area contributed by atoms with Crippen molar-refractivity contribution in [1.82, 2.24) is 5.32 Å². The Labute approximate surface area is 121 Å². The summed E-state index contributed by atoms with van der Waals surface area (Å²) in [5.41, 5.74) is 1.28. The van der Waals surface area contributed by atoms with Crippen LogP contribution in [-0.2, 0) is 4.74 Å². The van der Waals surface area contributed by atoms with Crippen molar-refractivity contribution in [1.29, 1.82) is 0 Å². The summed E-state index contributed by atoms with van der Waals surface area (Å²) < 4.78 is 11.5. The summed E-state index contributed by atoms with van der Waals surface area (Å²) in [5.74, 6) is 0.992. The van der Waals surface area contributed by atoms with Gasteiger partial charge in [-0.1, -0.05) is 6.07 Å². The number of nitrogens with zero attached hydrogens (tertiary/aromatic N) is 1. The molecule has 20 heavy (non-hydrogen) atoms. The Morgan fingerprint density at radius 1 is 1.15 bits per heavy atom. The van der Waals surface area contributed by atoms with E-state index in [4.69, 9.17) is 9.47 Å². The molecule has 0 aliphatic carbocycles. The van der Waals surface area contributed by atoms with Crippen LogP contribution in [0.25, 0.3) is 0 Å². The third-order valence-electron chi connectivity index (χ3n) is 3.99. The first-order valence-electron chi connectivity index (χ1n) is 7.72. The predicted octanol–water partition coefficient (Wildman–Crippen LogP) is 2.04. The van der Waals surface area contributed by atoms with Crippen LogP contribution in [0.2, 0.25) is 0 Å². The van der Waals surface area contributed by atoms with E-state index < -0.39 is 0 Å². The van der Waals surface area contributed by atoms with Crippen LogP contribution in [0.4, 0.5) is 5.69 Å². The lowest BCUT2D eigenvalue weighted by atomic mass is 10.1. The minimum atomic E-state index is 0.310. The molecular formula is C16H24N2O2. The third-order valence-corrected chi connectivity index (χ3v) is 3.99. The van der Waals surface area contributed by atoms with E-state index in [9.17, 15) is 0 Å². The summed E-state index contributed by atoms with van der Waals surface area (Å²) in [6.45, 7) is 6.01. The van der Waals surface area contributed by atoms with E-state index in [1.54, 1.807) is 0 Å². The highest BCUT2D eigenvalue weighted by molar-refractivity contribution is 5.51. The van der Waals surface area contributed by atoms with E-state index in [1.807, 2.05) is 0 Å². The van der Waals surface area contributed by atoms with Crippen LogP contribution in [0, 0.1) is 0 Å². The second-order valence-electron chi connectivity index (χ2n) is 5.52. The first-order chi connectivity index (χ1) is 9.92. The number of ether oxygens (including phenoxy) is 2. The second kappa shape index (κ2) is 6.95.